The van der Waals surface area contributed by atoms with Crippen LogP contribution in [0.5, 0.6) is 0 Å². The Kier molecular flexibility index (Phi) is 4.24. The summed E-state index contributed by atoms with van der Waals surface area (Å²) in [5, 5.41) is 1.86. The van der Waals surface area contributed by atoms with Crippen molar-refractivity contribution in [3.05, 3.63) is 94.5 Å². The van der Waals surface area contributed by atoms with E-state index in [9.17, 15) is 0 Å². The number of hydrogen-bond acceptors (Lipinski definition) is 6. The van der Waals surface area contributed by atoms with Gasteiger partial charge in [-0.25, -0.2) is 19.9 Å². The molecule has 6 nitrogen and oxygen atoms in total. The maximum Gasteiger partial charge on any atom is 0.224 e. The zero-order valence-electron chi connectivity index (χ0n) is 22.4. The molecule has 3 aromatic carbocycles. The van der Waals surface area contributed by atoms with E-state index in [1.807, 2.05) is 30.3 Å². The molecular formula is C26H13Cl3N4O2. The normalized spacial score (nSPS) is 13.3. The van der Waals surface area contributed by atoms with E-state index in [0.717, 1.165) is 11.0 Å². The summed E-state index contributed by atoms with van der Waals surface area (Å²) in [7, 11) is 0. The van der Waals surface area contributed by atoms with Gasteiger partial charge in [-0.2, -0.15) is 0 Å². The number of fused-ring (bicyclic) bond motifs is 6. The van der Waals surface area contributed by atoms with Gasteiger partial charge < -0.3 is 8.83 Å². The van der Waals surface area contributed by atoms with Crippen LogP contribution in [0.25, 0.3) is 55.4 Å². The van der Waals surface area contributed by atoms with Crippen molar-refractivity contribution >= 4 is 78.9 Å². The number of para-hydroxylation sites is 2. The molecule has 7 aromatic rings. The Hall–Kier alpha value is -3.71. The number of hydrogen-bond donors (Lipinski definition) is 0. The van der Waals surface area contributed by atoms with Gasteiger partial charge in [-0.3, -0.25) is 0 Å². The summed E-state index contributed by atoms with van der Waals surface area (Å²) in [6.07, 6.45) is 0. The summed E-state index contributed by atoms with van der Waals surface area (Å²) < 4.78 is 51.0. The summed E-state index contributed by atoms with van der Waals surface area (Å²) in [6, 6.07) is 12.6. The number of aromatic nitrogens is 4. The summed E-state index contributed by atoms with van der Waals surface area (Å²) in [4.78, 5) is 16.2. The van der Waals surface area contributed by atoms with Crippen molar-refractivity contribution in [1.82, 2.24) is 19.9 Å². The number of furan rings is 2. The minimum atomic E-state index is -0.472. The Morgan fingerprint density at radius 3 is 1.83 bits per heavy atom. The number of halogens is 3. The predicted molar refractivity (Wildman–Crippen MR) is 139 cm³/mol. The fraction of sp³-hybridized carbons (Fsp3) is 0. The van der Waals surface area contributed by atoms with Crippen molar-refractivity contribution in [3.63, 3.8) is 0 Å². The Morgan fingerprint density at radius 1 is 0.629 bits per heavy atom. The Bertz CT molecular complexity index is 2100. The molecule has 0 aliphatic rings. The third-order valence-electron chi connectivity index (χ3n) is 5.08. The third kappa shape index (κ3) is 3.96. The molecule has 0 aliphatic carbocycles. The molecule has 4 aromatic heterocycles. The van der Waals surface area contributed by atoms with E-state index in [0.29, 0.717) is 27.6 Å². The van der Waals surface area contributed by atoms with Crippen molar-refractivity contribution in [2.45, 2.75) is 0 Å². The third-order valence-corrected chi connectivity index (χ3v) is 5.67. The van der Waals surface area contributed by atoms with E-state index in [2.05, 4.69) is 19.9 Å². The zero-order chi connectivity index (χ0) is 28.3. The highest BCUT2D eigenvalue weighted by molar-refractivity contribution is 6.36. The average molecular weight is 525 g/mol. The largest absolute Gasteiger partial charge is 0.452 e. The summed E-state index contributed by atoms with van der Waals surface area (Å²) in [6.45, 7) is 0. The first-order valence-electron chi connectivity index (χ1n) is 12.6. The molecule has 0 saturated carbocycles. The molecule has 0 radical (unpaired) electrons. The first kappa shape index (κ1) is 16.8. The van der Waals surface area contributed by atoms with Gasteiger partial charge in [-0.1, -0.05) is 66.1 Å². The molecule has 0 saturated heterocycles. The molecule has 0 unspecified atom stereocenters. The molecule has 7 rings (SSSR count). The lowest BCUT2D eigenvalue weighted by atomic mass is 10.1. The van der Waals surface area contributed by atoms with Crippen molar-refractivity contribution in [3.8, 4) is 11.3 Å². The van der Waals surface area contributed by atoms with Crippen LogP contribution in [0.15, 0.2) is 87.6 Å². The molecule has 0 aliphatic heterocycles. The van der Waals surface area contributed by atoms with Crippen molar-refractivity contribution < 1.29 is 15.7 Å². The highest BCUT2D eigenvalue weighted by Crippen LogP contribution is 2.34. The second-order valence-corrected chi connectivity index (χ2v) is 8.21. The average Bonchev–Trinajstić information content (AvgIpc) is 3.50. The monoisotopic (exact) mass is 523 g/mol. The molecule has 35 heavy (non-hydrogen) atoms. The maximum atomic E-state index is 8.14. The van der Waals surface area contributed by atoms with Gasteiger partial charge in [-0.05, 0) is 47.5 Å². The molecule has 0 spiro atoms. The van der Waals surface area contributed by atoms with Gasteiger partial charge in [0.1, 0.15) is 27.9 Å². The van der Waals surface area contributed by atoms with Crippen LogP contribution in [-0.4, -0.2) is 19.9 Å². The first-order valence-corrected chi connectivity index (χ1v) is 11.2. The van der Waals surface area contributed by atoms with Crippen LogP contribution < -0.4 is 0 Å². The molecule has 0 N–H and O–H groups in total. The maximum absolute atomic E-state index is 8.14. The lowest BCUT2D eigenvalue weighted by Crippen LogP contribution is -1.88. The molecule has 0 bridgehead atoms. The van der Waals surface area contributed by atoms with E-state index in [4.69, 9.17) is 50.5 Å². The van der Waals surface area contributed by atoms with E-state index >= 15 is 0 Å². The molecule has 0 amide bonds. The second kappa shape index (κ2) is 8.82. The van der Waals surface area contributed by atoms with Gasteiger partial charge in [-0.15, -0.1) is 0 Å². The van der Waals surface area contributed by atoms with Gasteiger partial charge in [0.2, 0.25) is 10.6 Å². The van der Waals surface area contributed by atoms with E-state index < -0.39 is 18.1 Å². The quantitative estimate of drug-likeness (QED) is 0.158. The predicted octanol–water partition coefficient (Wildman–Crippen LogP) is 8.38. The molecule has 0 atom stereocenters. The number of rotatable bonds is 1. The van der Waals surface area contributed by atoms with Crippen molar-refractivity contribution in [1.29, 1.82) is 0 Å². The van der Waals surface area contributed by atoms with Crippen LogP contribution in [0.4, 0.5) is 0 Å². The minimum Gasteiger partial charge on any atom is -0.452 e. The summed E-state index contributed by atoms with van der Waals surface area (Å²) in [5.41, 5.74) is 3.05. The fourth-order valence-corrected chi connectivity index (χ4v) is 4.22. The lowest BCUT2D eigenvalue weighted by Gasteiger charge is -2.01. The van der Waals surface area contributed by atoms with Gasteiger partial charge in [0.25, 0.3) is 0 Å². The van der Waals surface area contributed by atoms with Crippen LogP contribution in [0, 0.1) is 0 Å². The Balaban J connectivity index is 0.000000164. The van der Waals surface area contributed by atoms with Crippen molar-refractivity contribution in [2.75, 3.05) is 0 Å². The first-order chi connectivity index (χ1) is 19.2. The van der Waals surface area contributed by atoms with Gasteiger partial charge >= 0.3 is 0 Å². The second-order valence-electron chi connectivity index (χ2n) is 7.18. The number of nitrogens with zero attached hydrogens (tertiary/aromatic N) is 4. The van der Waals surface area contributed by atoms with Crippen LogP contribution >= 0.6 is 34.8 Å². The van der Waals surface area contributed by atoms with Crippen LogP contribution in [0.2, 0.25) is 15.7 Å². The smallest absolute Gasteiger partial charge is 0.224 e. The van der Waals surface area contributed by atoms with Crippen molar-refractivity contribution in [2.24, 2.45) is 0 Å². The van der Waals surface area contributed by atoms with Crippen LogP contribution in [-0.2, 0) is 0 Å². The van der Waals surface area contributed by atoms with Crippen LogP contribution in [0.1, 0.15) is 6.85 Å². The van der Waals surface area contributed by atoms with E-state index in [1.54, 1.807) is 18.2 Å². The number of benzene rings is 3. The fourth-order valence-electron chi connectivity index (χ4n) is 3.63. The Labute approximate surface area is 220 Å². The van der Waals surface area contributed by atoms with E-state index in [1.165, 1.54) is 0 Å². The SMILES string of the molecule is Clc1nc(Cl)c2oc3ccccc3c2n1.[2H]c1c([2H])c([2H])c(-c2nc(Cl)nc3c2oc2ccccc23)c([2H])c1[2H]. The van der Waals surface area contributed by atoms with Gasteiger partial charge in [0.05, 0.1) is 6.85 Å². The molecule has 9 heteroatoms. The summed E-state index contributed by atoms with van der Waals surface area (Å²) in [5.74, 6) is 0. The highest BCUT2D eigenvalue weighted by Gasteiger charge is 2.16. The topological polar surface area (TPSA) is 77.8 Å². The molecule has 170 valence electrons. The summed E-state index contributed by atoms with van der Waals surface area (Å²) >= 11 is 17.7. The standard InChI is InChI=1S/C16H9ClN2O.C10H4Cl2N2O/c17-16-18-13(10-6-2-1-3-7-10)15-14(19-16)11-8-4-5-9-12(11)20-15;11-9-8-7(13-10(12)14-9)5-3-1-2-4-6(5)15-8/h1-9H;1-4H/i1D,2D,3D,6D,7D;. The Morgan fingerprint density at radius 2 is 1.17 bits per heavy atom. The van der Waals surface area contributed by atoms with Crippen LogP contribution in [0.3, 0.4) is 0 Å². The molecule has 0 fully saturated rings. The lowest BCUT2D eigenvalue weighted by molar-refractivity contribution is 0.666. The molecular weight excluding hydrogens is 507 g/mol. The zero-order valence-corrected chi connectivity index (χ0v) is 19.6. The minimum absolute atomic E-state index is 0.0700. The van der Waals surface area contributed by atoms with Gasteiger partial charge in [0, 0.05) is 16.3 Å². The highest BCUT2D eigenvalue weighted by atomic mass is 35.5. The van der Waals surface area contributed by atoms with E-state index in [-0.39, 0.29) is 44.6 Å². The molecule has 4 heterocycles. The van der Waals surface area contributed by atoms with Gasteiger partial charge in [0.15, 0.2) is 16.3 Å².